The highest BCUT2D eigenvalue weighted by Crippen LogP contribution is 2.26. The fraction of sp³-hybridized carbons (Fsp3) is 0.467. The van der Waals surface area contributed by atoms with Gasteiger partial charge in [-0.05, 0) is 41.1 Å². The van der Waals surface area contributed by atoms with Gasteiger partial charge in [0.25, 0.3) is 5.91 Å². The zero-order chi connectivity index (χ0) is 16.1. The fourth-order valence-electron chi connectivity index (χ4n) is 2.14. The molecular formula is C15H18BrNO5. The Morgan fingerprint density at radius 2 is 2.23 bits per heavy atom. The number of rotatable bonds is 4. The molecule has 1 aromatic rings. The molecule has 0 unspecified atom stereocenters. The normalized spacial score (nSPS) is 18.0. The standard InChI is InChI=1S/C15H18BrNO5/c1-10-8-17(5-6-21-10)14(18)9-22-13-4-3-11(7-12(13)16)15(19)20-2/h3-4,7,10H,5-6,8-9H2,1-2H3/t10-/m1/s1. The largest absolute Gasteiger partial charge is 0.483 e. The van der Waals surface area contributed by atoms with Crippen LogP contribution in [0, 0.1) is 0 Å². The summed E-state index contributed by atoms with van der Waals surface area (Å²) in [4.78, 5) is 25.3. The first-order valence-electron chi connectivity index (χ1n) is 6.91. The van der Waals surface area contributed by atoms with E-state index in [0.717, 1.165) is 0 Å². The lowest BCUT2D eigenvalue weighted by molar-refractivity contribution is -0.140. The van der Waals surface area contributed by atoms with Crippen molar-refractivity contribution in [1.29, 1.82) is 0 Å². The number of benzene rings is 1. The molecule has 0 aliphatic carbocycles. The fourth-order valence-corrected chi connectivity index (χ4v) is 2.63. The highest BCUT2D eigenvalue weighted by atomic mass is 79.9. The zero-order valence-corrected chi connectivity index (χ0v) is 14.1. The van der Waals surface area contributed by atoms with Crippen LogP contribution in [-0.4, -0.2) is 56.3 Å². The van der Waals surface area contributed by atoms with Crippen LogP contribution in [0.3, 0.4) is 0 Å². The molecule has 22 heavy (non-hydrogen) atoms. The molecule has 1 aromatic carbocycles. The molecule has 0 saturated carbocycles. The van der Waals surface area contributed by atoms with Crippen molar-refractivity contribution in [1.82, 2.24) is 4.90 Å². The van der Waals surface area contributed by atoms with Crippen LogP contribution in [0.25, 0.3) is 0 Å². The topological polar surface area (TPSA) is 65.1 Å². The summed E-state index contributed by atoms with van der Waals surface area (Å²) in [6.07, 6.45) is 0.0452. The van der Waals surface area contributed by atoms with Gasteiger partial charge >= 0.3 is 5.97 Å². The first-order chi connectivity index (χ1) is 10.5. The molecule has 1 amide bonds. The van der Waals surface area contributed by atoms with Gasteiger partial charge in [0.2, 0.25) is 0 Å². The van der Waals surface area contributed by atoms with Crippen molar-refractivity contribution >= 4 is 27.8 Å². The summed E-state index contributed by atoms with van der Waals surface area (Å²) in [5, 5.41) is 0. The maximum absolute atomic E-state index is 12.1. The second-order valence-corrected chi connectivity index (χ2v) is 5.80. The summed E-state index contributed by atoms with van der Waals surface area (Å²) < 4.78 is 16.2. The number of hydrogen-bond donors (Lipinski definition) is 0. The summed E-state index contributed by atoms with van der Waals surface area (Å²) in [5.74, 6) is -0.00737. The number of amides is 1. The van der Waals surface area contributed by atoms with Gasteiger partial charge in [0.05, 0.1) is 29.9 Å². The highest BCUT2D eigenvalue weighted by Gasteiger charge is 2.21. The number of morpholine rings is 1. The predicted molar refractivity (Wildman–Crippen MR) is 83.0 cm³/mol. The van der Waals surface area contributed by atoms with Crippen LogP contribution in [0.2, 0.25) is 0 Å². The summed E-state index contributed by atoms with van der Waals surface area (Å²) >= 11 is 3.32. The van der Waals surface area contributed by atoms with Gasteiger partial charge in [-0.1, -0.05) is 0 Å². The summed E-state index contributed by atoms with van der Waals surface area (Å²) in [5.41, 5.74) is 0.412. The van der Waals surface area contributed by atoms with Gasteiger partial charge in [-0.3, -0.25) is 4.79 Å². The van der Waals surface area contributed by atoms with E-state index >= 15 is 0 Å². The van der Waals surface area contributed by atoms with E-state index in [0.29, 0.717) is 35.5 Å². The lowest BCUT2D eigenvalue weighted by atomic mass is 10.2. The number of hydrogen-bond acceptors (Lipinski definition) is 5. The molecule has 120 valence electrons. The van der Waals surface area contributed by atoms with Gasteiger partial charge < -0.3 is 19.1 Å². The number of halogens is 1. The van der Waals surface area contributed by atoms with Crippen LogP contribution in [0.4, 0.5) is 0 Å². The average molecular weight is 372 g/mol. The Hall–Kier alpha value is -1.60. The minimum atomic E-state index is -0.425. The van der Waals surface area contributed by atoms with Gasteiger partial charge in [-0.15, -0.1) is 0 Å². The first-order valence-corrected chi connectivity index (χ1v) is 7.70. The lowest BCUT2D eigenvalue weighted by Crippen LogP contribution is -2.46. The van der Waals surface area contributed by atoms with Gasteiger partial charge in [-0.25, -0.2) is 4.79 Å². The molecule has 2 rings (SSSR count). The van der Waals surface area contributed by atoms with Crippen LogP contribution in [0.1, 0.15) is 17.3 Å². The smallest absolute Gasteiger partial charge is 0.337 e. The molecule has 0 radical (unpaired) electrons. The van der Waals surface area contributed by atoms with Crippen molar-refractivity contribution < 1.29 is 23.8 Å². The molecular weight excluding hydrogens is 354 g/mol. The summed E-state index contributed by atoms with van der Waals surface area (Å²) in [6.45, 7) is 3.58. The molecule has 1 heterocycles. The molecule has 1 saturated heterocycles. The molecule has 0 aromatic heterocycles. The Morgan fingerprint density at radius 1 is 1.45 bits per heavy atom. The lowest BCUT2D eigenvalue weighted by Gasteiger charge is -2.31. The van der Waals surface area contributed by atoms with Crippen molar-refractivity contribution in [3.63, 3.8) is 0 Å². The number of carbonyl (C=O) groups excluding carboxylic acids is 2. The first kappa shape index (κ1) is 16.8. The number of nitrogens with zero attached hydrogens (tertiary/aromatic N) is 1. The SMILES string of the molecule is COC(=O)c1ccc(OCC(=O)N2CCO[C@H](C)C2)c(Br)c1. The maximum atomic E-state index is 12.1. The molecule has 0 spiro atoms. The summed E-state index contributed by atoms with van der Waals surface area (Å²) in [6, 6.07) is 4.82. The Morgan fingerprint density at radius 3 is 2.86 bits per heavy atom. The van der Waals surface area contributed by atoms with Crippen LogP contribution >= 0.6 is 15.9 Å². The van der Waals surface area contributed by atoms with Crippen LogP contribution in [-0.2, 0) is 14.3 Å². The minimum absolute atomic E-state index is 0.0452. The summed E-state index contributed by atoms with van der Waals surface area (Å²) in [7, 11) is 1.32. The van der Waals surface area contributed by atoms with E-state index in [1.165, 1.54) is 7.11 Å². The van der Waals surface area contributed by atoms with E-state index in [4.69, 9.17) is 9.47 Å². The third-order valence-corrected chi connectivity index (χ3v) is 3.92. The molecule has 0 bridgehead atoms. The highest BCUT2D eigenvalue weighted by molar-refractivity contribution is 9.10. The second-order valence-electron chi connectivity index (χ2n) is 4.95. The van der Waals surface area contributed by atoms with E-state index < -0.39 is 5.97 Å². The molecule has 1 fully saturated rings. The molecule has 1 atom stereocenters. The Labute approximate surface area is 137 Å². The van der Waals surface area contributed by atoms with Crippen molar-refractivity contribution in [2.24, 2.45) is 0 Å². The Kier molecular flexibility index (Phi) is 5.79. The predicted octanol–water partition coefficient (Wildman–Crippen LogP) is 1.86. The van der Waals surface area contributed by atoms with E-state index in [1.807, 2.05) is 6.92 Å². The Balaban J connectivity index is 1.93. The van der Waals surface area contributed by atoms with E-state index in [1.54, 1.807) is 23.1 Å². The molecule has 1 aliphatic heterocycles. The maximum Gasteiger partial charge on any atom is 0.337 e. The van der Waals surface area contributed by atoms with Crippen LogP contribution in [0.5, 0.6) is 5.75 Å². The number of esters is 1. The molecule has 7 heteroatoms. The van der Waals surface area contributed by atoms with Crippen molar-refractivity contribution in [3.8, 4) is 5.75 Å². The minimum Gasteiger partial charge on any atom is -0.483 e. The molecule has 6 nitrogen and oxygen atoms in total. The number of ether oxygens (including phenoxy) is 3. The number of methoxy groups -OCH3 is 1. The average Bonchev–Trinajstić information content (AvgIpc) is 2.52. The second kappa shape index (κ2) is 7.60. The molecule has 0 N–H and O–H groups in total. The van der Waals surface area contributed by atoms with E-state index in [2.05, 4.69) is 20.7 Å². The monoisotopic (exact) mass is 371 g/mol. The van der Waals surface area contributed by atoms with Crippen LogP contribution in [0.15, 0.2) is 22.7 Å². The number of carbonyl (C=O) groups is 2. The zero-order valence-electron chi connectivity index (χ0n) is 12.5. The van der Waals surface area contributed by atoms with Gasteiger partial charge in [0, 0.05) is 13.1 Å². The van der Waals surface area contributed by atoms with E-state index in [-0.39, 0.29) is 18.6 Å². The Bertz CT molecular complexity index is 563. The van der Waals surface area contributed by atoms with Crippen LogP contribution < -0.4 is 4.74 Å². The van der Waals surface area contributed by atoms with Gasteiger partial charge in [0.1, 0.15) is 5.75 Å². The van der Waals surface area contributed by atoms with Crippen molar-refractivity contribution in [3.05, 3.63) is 28.2 Å². The van der Waals surface area contributed by atoms with Gasteiger partial charge in [0.15, 0.2) is 6.61 Å². The van der Waals surface area contributed by atoms with E-state index in [9.17, 15) is 9.59 Å². The quantitative estimate of drug-likeness (QED) is 0.755. The van der Waals surface area contributed by atoms with Crippen molar-refractivity contribution in [2.45, 2.75) is 13.0 Å². The van der Waals surface area contributed by atoms with Crippen molar-refractivity contribution in [2.75, 3.05) is 33.4 Å². The third kappa shape index (κ3) is 4.20. The molecule has 1 aliphatic rings. The van der Waals surface area contributed by atoms with Gasteiger partial charge in [-0.2, -0.15) is 0 Å². The third-order valence-electron chi connectivity index (χ3n) is 3.30.